The van der Waals surface area contributed by atoms with E-state index >= 15 is 0 Å². The summed E-state index contributed by atoms with van der Waals surface area (Å²) < 4.78 is 4.81. The Morgan fingerprint density at radius 3 is 2.71 bits per heavy atom. The molecule has 0 spiro atoms. The van der Waals surface area contributed by atoms with E-state index in [1.807, 2.05) is 12.1 Å². The van der Waals surface area contributed by atoms with Crippen molar-refractivity contribution in [1.29, 1.82) is 0 Å². The van der Waals surface area contributed by atoms with Gasteiger partial charge in [-0.15, -0.1) is 0 Å². The summed E-state index contributed by atoms with van der Waals surface area (Å²) in [7, 11) is 1.35. The SMILES string of the molecule is COC(=O)c1c(C)[nH]c(C(=O)CN2c3ccccc3C[C@H]2C)c1C. The second kappa shape index (κ2) is 6.15. The monoisotopic (exact) mass is 326 g/mol. The third-order valence-electron chi connectivity index (χ3n) is 4.77. The smallest absolute Gasteiger partial charge is 0.339 e. The molecule has 1 atom stereocenters. The van der Waals surface area contributed by atoms with Gasteiger partial charge >= 0.3 is 5.97 Å². The van der Waals surface area contributed by atoms with Crippen LogP contribution in [0.4, 0.5) is 5.69 Å². The molecule has 3 rings (SSSR count). The minimum atomic E-state index is -0.416. The maximum Gasteiger partial charge on any atom is 0.339 e. The van der Waals surface area contributed by atoms with Crippen molar-refractivity contribution in [1.82, 2.24) is 4.98 Å². The van der Waals surface area contributed by atoms with Crippen molar-refractivity contribution in [3.63, 3.8) is 0 Å². The zero-order valence-electron chi connectivity index (χ0n) is 14.5. The number of hydrogen-bond donors (Lipinski definition) is 1. The molecular formula is C19H22N2O3. The average Bonchev–Trinajstić information content (AvgIpc) is 3.03. The van der Waals surface area contributed by atoms with Crippen molar-refractivity contribution < 1.29 is 14.3 Å². The lowest BCUT2D eigenvalue weighted by molar-refractivity contribution is 0.0599. The van der Waals surface area contributed by atoms with Gasteiger partial charge in [-0.05, 0) is 44.4 Å². The second-order valence-corrected chi connectivity index (χ2v) is 6.35. The van der Waals surface area contributed by atoms with Crippen molar-refractivity contribution >= 4 is 17.4 Å². The van der Waals surface area contributed by atoms with Gasteiger partial charge in [0, 0.05) is 17.4 Å². The number of para-hydroxylation sites is 1. The standard InChI is InChI=1S/C19H22N2O3/c1-11-9-14-7-5-6-8-15(14)21(11)10-16(22)18-12(2)17(13(3)20-18)19(23)24-4/h5-8,11,20H,9-10H2,1-4H3/t11-/m1/s1. The molecule has 24 heavy (non-hydrogen) atoms. The fraction of sp³-hybridized carbons (Fsp3) is 0.368. The van der Waals surface area contributed by atoms with E-state index in [-0.39, 0.29) is 11.8 Å². The van der Waals surface area contributed by atoms with E-state index in [0.29, 0.717) is 29.1 Å². The number of aromatic nitrogens is 1. The minimum Gasteiger partial charge on any atom is -0.465 e. The van der Waals surface area contributed by atoms with E-state index < -0.39 is 5.97 Å². The number of benzene rings is 1. The molecular weight excluding hydrogens is 304 g/mol. The van der Waals surface area contributed by atoms with Crippen molar-refractivity contribution in [3.05, 3.63) is 52.3 Å². The van der Waals surface area contributed by atoms with Crippen molar-refractivity contribution in [2.75, 3.05) is 18.6 Å². The van der Waals surface area contributed by atoms with Gasteiger partial charge in [0.05, 0.1) is 24.9 Å². The van der Waals surface area contributed by atoms with E-state index in [1.54, 1.807) is 13.8 Å². The quantitative estimate of drug-likeness (QED) is 0.693. The fourth-order valence-electron chi connectivity index (χ4n) is 3.54. The third-order valence-corrected chi connectivity index (χ3v) is 4.77. The van der Waals surface area contributed by atoms with Crippen LogP contribution in [-0.4, -0.2) is 36.4 Å². The van der Waals surface area contributed by atoms with Gasteiger partial charge in [-0.1, -0.05) is 18.2 Å². The van der Waals surface area contributed by atoms with Gasteiger partial charge in [-0.2, -0.15) is 0 Å². The average molecular weight is 326 g/mol. The van der Waals surface area contributed by atoms with Crippen LogP contribution < -0.4 is 4.90 Å². The number of H-pyrrole nitrogens is 1. The Balaban J connectivity index is 1.88. The highest BCUT2D eigenvalue weighted by molar-refractivity contribution is 6.03. The number of ether oxygens (including phenoxy) is 1. The number of methoxy groups -OCH3 is 1. The molecule has 1 aromatic carbocycles. The number of Topliss-reactive ketones (excluding diaryl/α,β-unsaturated/α-hetero) is 1. The number of fused-ring (bicyclic) bond motifs is 1. The predicted molar refractivity (Wildman–Crippen MR) is 92.9 cm³/mol. The highest BCUT2D eigenvalue weighted by Gasteiger charge is 2.29. The largest absolute Gasteiger partial charge is 0.465 e. The molecule has 0 aliphatic carbocycles. The first-order valence-corrected chi connectivity index (χ1v) is 8.09. The van der Waals surface area contributed by atoms with Gasteiger partial charge in [0.1, 0.15) is 0 Å². The van der Waals surface area contributed by atoms with Gasteiger partial charge in [-0.25, -0.2) is 4.79 Å². The minimum absolute atomic E-state index is 0.0192. The molecule has 0 amide bonds. The summed E-state index contributed by atoms with van der Waals surface area (Å²) in [5.74, 6) is -0.436. The molecule has 0 saturated carbocycles. The Labute approximate surface area is 141 Å². The summed E-state index contributed by atoms with van der Waals surface area (Å²) >= 11 is 0. The Bertz CT molecular complexity index is 807. The molecule has 2 heterocycles. The number of nitrogens with one attached hydrogen (secondary N) is 1. The van der Waals surface area contributed by atoms with Crippen LogP contribution in [0.2, 0.25) is 0 Å². The highest BCUT2D eigenvalue weighted by atomic mass is 16.5. The van der Waals surface area contributed by atoms with Crippen LogP contribution in [0.25, 0.3) is 0 Å². The maximum absolute atomic E-state index is 12.8. The lowest BCUT2D eigenvalue weighted by atomic mass is 10.1. The van der Waals surface area contributed by atoms with Crippen LogP contribution in [0, 0.1) is 13.8 Å². The first kappa shape index (κ1) is 16.3. The number of carbonyl (C=O) groups is 2. The number of aromatic amines is 1. The van der Waals surface area contributed by atoms with Crippen molar-refractivity contribution in [3.8, 4) is 0 Å². The molecule has 1 aliphatic heterocycles. The van der Waals surface area contributed by atoms with Crippen LogP contribution in [-0.2, 0) is 11.2 Å². The number of carbonyl (C=O) groups excluding carboxylic acids is 2. The highest BCUT2D eigenvalue weighted by Crippen LogP contribution is 2.32. The number of anilines is 1. The van der Waals surface area contributed by atoms with Crippen LogP contribution >= 0.6 is 0 Å². The lowest BCUT2D eigenvalue weighted by Gasteiger charge is -2.24. The Morgan fingerprint density at radius 1 is 1.29 bits per heavy atom. The molecule has 0 unspecified atom stereocenters. The number of rotatable bonds is 4. The lowest BCUT2D eigenvalue weighted by Crippen LogP contribution is -2.34. The van der Waals surface area contributed by atoms with Gasteiger partial charge < -0.3 is 14.6 Å². The van der Waals surface area contributed by atoms with Gasteiger partial charge in [0.15, 0.2) is 5.78 Å². The first-order valence-electron chi connectivity index (χ1n) is 8.09. The summed E-state index contributed by atoms with van der Waals surface area (Å²) in [5.41, 5.74) is 4.65. The topological polar surface area (TPSA) is 62.4 Å². The second-order valence-electron chi connectivity index (χ2n) is 6.35. The van der Waals surface area contributed by atoms with E-state index in [2.05, 4.69) is 28.9 Å². The van der Waals surface area contributed by atoms with Gasteiger partial charge in [-0.3, -0.25) is 4.79 Å². The summed E-state index contributed by atoms with van der Waals surface area (Å²) in [6.07, 6.45) is 0.944. The Morgan fingerprint density at radius 2 is 2.00 bits per heavy atom. The van der Waals surface area contributed by atoms with Crippen LogP contribution in [0.15, 0.2) is 24.3 Å². The molecule has 0 bridgehead atoms. The maximum atomic E-state index is 12.8. The van der Waals surface area contributed by atoms with Gasteiger partial charge in [0.2, 0.25) is 0 Å². The molecule has 5 nitrogen and oxygen atoms in total. The van der Waals surface area contributed by atoms with Gasteiger partial charge in [0.25, 0.3) is 0 Å². The number of esters is 1. The zero-order chi connectivity index (χ0) is 17.4. The van der Waals surface area contributed by atoms with Crippen LogP contribution in [0.1, 0.15) is 44.6 Å². The molecule has 1 aliphatic rings. The third kappa shape index (κ3) is 2.60. The van der Waals surface area contributed by atoms with E-state index in [4.69, 9.17) is 4.74 Å². The number of ketones is 1. The van der Waals surface area contributed by atoms with Crippen LogP contribution in [0.5, 0.6) is 0 Å². The summed E-state index contributed by atoms with van der Waals surface area (Å²) in [6.45, 7) is 5.98. The normalized spacial score (nSPS) is 16.2. The molecule has 0 fully saturated rings. The molecule has 1 aromatic heterocycles. The predicted octanol–water partition coefficient (Wildman–Crippen LogP) is 3.05. The molecule has 0 radical (unpaired) electrons. The van der Waals surface area contributed by atoms with E-state index in [1.165, 1.54) is 12.7 Å². The van der Waals surface area contributed by atoms with E-state index in [0.717, 1.165) is 12.1 Å². The number of hydrogen-bond acceptors (Lipinski definition) is 4. The molecule has 5 heteroatoms. The molecule has 126 valence electrons. The number of aryl methyl sites for hydroxylation is 1. The van der Waals surface area contributed by atoms with Crippen molar-refractivity contribution in [2.24, 2.45) is 0 Å². The van der Waals surface area contributed by atoms with Crippen LogP contribution in [0.3, 0.4) is 0 Å². The van der Waals surface area contributed by atoms with Crippen molar-refractivity contribution in [2.45, 2.75) is 33.2 Å². The first-order chi connectivity index (χ1) is 11.4. The Hall–Kier alpha value is -2.56. The fourth-order valence-corrected chi connectivity index (χ4v) is 3.54. The number of nitrogens with zero attached hydrogens (tertiary/aromatic N) is 1. The summed E-state index contributed by atoms with van der Waals surface area (Å²) in [4.78, 5) is 29.9. The molecule has 1 N–H and O–H groups in total. The zero-order valence-corrected chi connectivity index (χ0v) is 14.5. The van der Waals surface area contributed by atoms with E-state index in [9.17, 15) is 9.59 Å². The molecule has 0 saturated heterocycles. The summed E-state index contributed by atoms with van der Waals surface area (Å²) in [6, 6.07) is 8.46. The molecule has 2 aromatic rings. The summed E-state index contributed by atoms with van der Waals surface area (Å²) in [5, 5.41) is 0. The Kier molecular flexibility index (Phi) is 4.18.